The minimum atomic E-state index is -3.73. The first-order valence-electron chi connectivity index (χ1n) is 8.91. The van der Waals surface area contributed by atoms with E-state index in [1.165, 1.54) is 36.4 Å². The van der Waals surface area contributed by atoms with E-state index in [4.69, 9.17) is 0 Å². The van der Waals surface area contributed by atoms with E-state index in [2.05, 4.69) is 15.0 Å². The number of hydrogen-bond acceptors (Lipinski definition) is 4. The number of nitrogens with one attached hydrogen (secondary N) is 2. The molecule has 0 spiro atoms. The maximum Gasteiger partial charge on any atom is 0.255 e. The number of halogens is 1. The standard InChI is InChI=1S/C20H21FN4O3S/c1-13(2)24-29(27,28)17-6-4-5-15(11-17)20(26)23-16-7-8-19(18(21)12-16)25-10-9-22-14(25)3/h4-13,24H,1-3H3,(H,23,26). The third-order valence-corrected chi connectivity index (χ3v) is 5.74. The van der Waals surface area contributed by atoms with Crippen molar-refractivity contribution in [2.24, 2.45) is 0 Å². The van der Waals surface area contributed by atoms with Crippen molar-refractivity contribution in [2.75, 3.05) is 5.32 Å². The van der Waals surface area contributed by atoms with Gasteiger partial charge in [0.25, 0.3) is 5.91 Å². The van der Waals surface area contributed by atoms with Crippen LogP contribution in [-0.2, 0) is 10.0 Å². The van der Waals surface area contributed by atoms with Gasteiger partial charge < -0.3 is 9.88 Å². The van der Waals surface area contributed by atoms with Crippen LogP contribution in [0.2, 0.25) is 0 Å². The Bertz CT molecular complexity index is 1160. The Morgan fingerprint density at radius 3 is 2.55 bits per heavy atom. The summed E-state index contributed by atoms with van der Waals surface area (Å²) in [6, 6.07) is 9.68. The lowest BCUT2D eigenvalue weighted by atomic mass is 10.2. The SMILES string of the molecule is Cc1nccn1-c1ccc(NC(=O)c2cccc(S(=O)(=O)NC(C)C)c2)cc1F. The number of aryl methyl sites for hydroxylation is 1. The Labute approximate surface area is 168 Å². The molecule has 0 aliphatic carbocycles. The monoisotopic (exact) mass is 416 g/mol. The molecule has 1 aromatic heterocycles. The average Bonchev–Trinajstić information content (AvgIpc) is 3.06. The van der Waals surface area contributed by atoms with Gasteiger partial charge in [-0.1, -0.05) is 6.07 Å². The molecule has 0 unspecified atom stereocenters. The molecule has 0 aliphatic heterocycles. The molecule has 0 atom stereocenters. The highest BCUT2D eigenvalue weighted by molar-refractivity contribution is 7.89. The van der Waals surface area contributed by atoms with Crippen molar-refractivity contribution in [3.05, 3.63) is 72.1 Å². The fourth-order valence-corrected chi connectivity index (χ4v) is 4.10. The Kier molecular flexibility index (Phi) is 5.81. The molecule has 0 aliphatic rings. The van der Waals surface area contributed by atoms with E-state index in [1.54, 1.807) is 43.8 Å². The van der Waals surface area contributed by atoms with Crippen molar-refractivity contribution < 1.29 is 17.6 Å². The Hall–Kier alpha value is -3.04. The molecule has 29 heavy (non-hydrogen) atoms. The third-order valence-electron chi connectivity index (χ3n) is 4.09. The Balaban J connectivity index is 1.81. The van der Waals surface area contributed by atoms with Crippen LogP contribution in [0.25, 0.3) is 5.69 Å². The number of sulfonamides is 1. The molecule has 2 aromatic carbocycles. The van der Waals surface area contributed by atoms with E-state index in [0.29, 0.717) is 11.5 Å². The first-order valence-corrected chi connectivity index (χ1v) is 10.4. The average molecular weight is 416 g/mol. The smallest absolute Gasteiger partial charge is 0.255 e. The predicted octanol–water partition coefficient (Wildman–Crippen LogP) is 3.26. The summed E-state index contributed by atoms with van der Waals surface area (Å²) >= 11 is 0. The first-order chi connectivity index (χ1) is 13.7. The van der Waals surface area contributed by atoms with Crippen molar-refractivity contribution in [1.82, 2.24) is 14.3 Å². The zero-order chi connectivity index (χ0) is 21.2. The fraction of sp³-hybridized carbons (Fsp3) is 0.200. The summed E-state index contributed by atoms with van der Waals surface area (Å²) in [5.74, 6) is -0.437. The molecule has 3 rings (SSSR count). The molecule has 0 radical (unpaired) electrons. The van der Waals surface area contributed by atoms with Crippen molar-refractivity contribution in [1.29, 1.82) is 0 Å². The van der Waals surface area contributed by atoms with Crippen molar-refractivity contribution in [2.45, 2.75) is 31.7 Å². The number of hydrogen-bond donors (Lipinski definition) is 2. The highest BCUT2D eigenvalue weighted by Gasteiger charge is 2.18. The molecule has 3 aromatic rings. The van der Waals surface area contributed by atoms with E-state index in [0.717, 1.165) is 0 Å². The molecule has 0 bridgehead atoms. The zero-order valence-electron chi connectivity index (χ0n) is 16.2. The number of nitrogens with zero attached hydrogens (tertiary/aromatic N) is 2. The van der Waals surface area contributed by atoms with Crippen LogP contribution in [0.15, 0.2) is 59.8 Å². The second-order valence-electron chi connectivity index (χ2n) is 6.77. The number of amides is 1. The van der Waals surface area contributed by atoms with Crippen molar-refractivity contribution >= 4 is 21.6 Å². The highest BCUT2D eigenvalue weighted by Crippen LogP contribution is 2.20. The van der Waals surface area contributed by atoms with E-state index >= 15 is 0 Å². The maximum atomic E-state index is 14.5. The molecule has 1 heterocycles. The molecule has 0 saturated carbocycles. The number of carbonyl (C=O) groups excluding carboxylic acids is 1. The molecule has 0 saturated heterocycles. The zero-order valence-corrected chi connectivity index (χ0v) is 17.0. The summed E-state index contributed by atoms with van der Waals surface area (Å²) in [5, 5.41) is 2.59. The van der Waals surface area contributed by atoms with Crippen molar-refractivity contribution in [3.8, 4) is 5.69 Å². The minimum Gasteiger partial charge on any atom is -0.322 e. The molecule has 9 heteroatoms. The van der Waals surface area contributed by atoms with Crippen LogP contribution in [0, 0.1) is 12.7 Å². The molecular weight excluding hydrogens is 395 g/mol. The Morgan fingerprint density at radius 1 is 1.17 bits per heavy atom. The van der Waals surface area contributed by atoms with Crippen LogP contribution in [0.1, 0.15) is 30.0 Å². The van der Waals surface area contributed by atoms with E-state index in [-0.39, 0.29) is 22.2 Å². The van der Waals surface area contributed by atoms with E-state index < -0.39 is 21.7 Å². The lowest BCUT2D eigenvalue weighted by Gasteiger charge is -2.12. The molecule has 2 N–H and O–H groups in total. The summed E-state index contributed by atoms with van der Waals surface area (Å²) in [7, 11) is -3.73. The largest absolute Gasteiger partial charge is 0.322 e. The highest BCUT2D eigenvalue weighted by atomic mass is 32.2. The van der Waals surface area contributed by atoms with Gasteiger partial charge in [-0.3, -0.25) is 4.79 Å². The van der Waals surface area contributed by atoms with Gasteiger partial charge >= 0.3 is 0 Å². The molecule has 152 valence electrons. The maximum absolute atomic E-state index is 14.5. The van der Waals surface area contributed by atoms with Gasteiger partial charge in [-0.15, -0.1) is 0 Å². The molecule has 0 fully saturated rings. The molecule has 1 amide bonds. The van der Waals surface area contributed by atoms with Crippen LogP contribution in [-0.4, -0.2) is 29.9 Å². The van der Waals surface area contributed by atoms with Crippen LogP contribution >= 0.6 is 0 Å². The fourth-order valence-electron chi connectivity index (χ4n) is 2.80. The van der Waals surface area contributed by atoms with Gasteiger partial charge in [0, 0.05) is 29.7 Å². The van der Waals surface area contributed by atoms with Crippen LogP contribution in [0.3, 0.4) is 0 Å². The van der Waals surface area contributed by atoms with E-state index in [1.807, 2.05) is 0 Å². The summed E-state index contributed by atoms with van der Waals surface area (Å²) in [4.78, 5) is 16.6. The first kappa shape index (κ1) is 20.7. The molecule has 7 nitrogen and oxygen atoms in total. The summed E-state index contributed by atoms with van der Waals surface area (Å²) in [6.07, 6.45) is 3.21. The van der Waals surface area contributed by atoms with Gasteiger partial charge in [-0.2, -0.15) is 0 Å². The third kappa shape index (κ3) is 4.69. The lowest BCUT2D eigenvalue weighted by molar-refractivity contribution is 0.102. The summed E-state index contributed by atoms with van der Waals surface area (Å²) < 4.78 is 43.2. The molecular formula is C20H21FN4O3S. The van der Waals surface area contributed by atoms with Crippen molar-refractivity contribution in [3.63, 3.8) is 0 Å². The second-order valence-corrected chi connectivity index (χ2v) is 8.48. The van der Waals surface area contributed by atoms with Crippen LogP contribution in [0.4, 0.5) is 10.1 Å². The van der Waals surface area contributed by atoms with Crippen LogP contribution < -0.4 is 10.0 Å². The lowest BCUT2D eigenvalue weighted by Crippen LogP contribution is -2.30. The number of imidazole rings is 1. The van der Waals surface area contributed by atoms with Gasteiger partial charge in [-0.25, -0.2) is 22.5 Å². The number of carbonyl (C=O) groups is 1. The van der Waals surface area contributed by atoms with Crippen LogP contribution in [0.5, 0.6) is 0 Å². The van der Waals surface area contributed by atoms with Gasteiger partial charge in [-0.05, 0) is 57.2 Å². The summed E-state index contributed by atoms with van der Waals surface area (Å²) in [5.41, 5.74) is 0.708. The van der Waals surface area contributed by atoms with E-state index in [9.17, 15) is 17.6 Å². The summed E-state index contributed by atoms with van der Waals surface area (Å²) in [6.45, 7) is 5.17. The number of aromatic nitrogens is 2. The Morgan fingerprint density at radius 2 is 1.93 bits per heavy atom. The number of rotatable bonds is 6. The minimum absolute atomic E-state index is 0.0176. The van der Waals surface area contributed by atoms with Gasteiger partial charge in [0.05, 0.1) is 10.6 Å². The normalized spacial score (nSPS) is 11.6. The topological polar surface area (TPSA) is 93.1 Å². The number of benzene rings is 2. The quantitative estimate of drug-likeness (QED) is 0.645. The second kappa shape index (κ2) is 8.14. The van der Waals surface area contributed by atoms with Gasteiger partial charge in [0.2, 0.25) is 10.0 Å². The number of anilines is 1. The van der Waals surface area contributed by atoms with Gasteiger partial charge in [0.1, 0.15) is 11.6 Å². The van der Waals surface area contributed by atoms with Gasteiger partial charge in [0.15, 0.2) is 0 Å². The predicted molar refractivity (Wildman–Crippen MR) is 108 cm³/mol.